The number of benzene rings is 1. The van der Waals surface area contributed by atoms with Crippen molar-refractivity contribution >= 4 is 15.9 Å². The lowest BCUT2D eigenvalue weighted by Crippen LogP contribution is -2.39. The number of piperidine rings is 1. The predicted molar refractivity (Wildman–Crippen MR) is 72.9 cm³/mol. The summed E-state index contributed by atoms with van der Waals surface area (Å²) >= 11 is 3.52. The zero-order valence-electron chi connectivity index (χ0n) is 10.0. The Hall–Kier alpha value is -0.410. The molecule has 1 aromatic rings. The summed E-state index contributed by atoms with van der Waals surface area (Å²) in [7, 11) is 0. The van der Waals surface area contributed by atoms with Crippen molar-refractivity contribution in [3.63, 3.8) is 0 Å². The molecule has 2 rings (SSSR count). The first-order valence-electron chi connectivity index (χ1n) is 6.34. The van der Waals surface area contributed by atoms with Crippen molar-refractivity contribution in [1.29, 1.82) is 0 Å². The van der Waals surface area contributed by atoms with E-state index in [4.69, 9.17) is 0 Å². The Kier molecular flexibility index (Phi) is 4.99. The highest BCUT2D eigenvalue weighted by atomic mass is 79.9. The second-order valence-corrected chi connectivity index (χ2v) is 5.52. The minimum atomic E-state index is -0.128. The normalized spacial score (nSPS) is 21.6. The molecule has 0 radical (unpaired) electrons. The molecule has 1 heterocycles. The summed E-state index contributed by atoms with van der Waals surface area (Å²) in [6, 6.07) is 7.64. The van der Waals surface area contributed by atoms with Gasteiger partial charge in [-0.1, -0.05) is 34.5 Å². The van der Waals surface area contributed by atoms with E-state index < -0.39 is 0 Å². The van der Waals surface area contributed by atoms with E-state index in [0.29, 0.717) is 6.04 Å². The third kappa shape index (κ3) is 3.78. The fourth-order valence-corrected chi connectivity index (χ4v) is 3.12. The molecule has 0 amide bonds. The Morgan fingerprint density at radius 2 is 2.24 bits per heavy atom. The number of likely N-dealkylation sites (tertiary alicyclic amines) is 1. The molecule has 17 heavy (non-hydrogen) atoms. The molecule has 1 aliphatic rings. The van der Waals surface area contributed by atoms with Gasteiger partial charge in [0, 0.05) is 17.9 Å². The molecule has 1 unspecified atom stereocenters. The van der Waals surface area contributed by atoms with Gasteiger partial charge in [-0.2, -0.15) is 0 Å². The van der Waals surface area contributed by atoms with Crippen LogP contribution in [0.1, 0.15) is 31.2 Å². The first-order chi connectivity index (χ1) is 8.29. The molecule has 1 atom stereocenters. The first-order valence-corrected chi connectivity index (χ1v) is 7.46. The molecule has 1 fully saturated rings. The van der Waals surface area contributed by atoms with Gasteiger partial charge < -0.3 is 0 Å². The fraction of sp³-hybridized carbons (Fsp3) is 0.571. The smallest absolute Gasteiger partial charge is 0.123 e. The third-order valence-corrected chi connectivity index (χ3v) is 3.92. The number of nitrogens with zero attached hydrogens (tertiary/aromatic N) is 1. The summed E-state index contributed by atoms with van der Waals surface area (Å²) in [4.78, 5) is 2.50. The van der Waals surface area contributed by atoms with Gasteiger partial charge >= 0.3 is 0 Å². The van der Waals surface area contributed by atoms with Gasteiger partial charge in [-0.15, -0.1) is 0 Å². The Balaban J connectivity index is 2.00. The fourth-order valence-electron chi connectivity index (χ4n) is 2.59. The van der Waals surface area contributed by atoms with Gasteiger partial charge in [-0.05, 0) is 43.5 Å². The number of hydrogen-bond donors (Lipinski definition) is 0. The number of rotatable bonds is 4. The molecule has 1 aromatic carbocycles. The van der Waals surface area contributed by atoms with Crippen LogP contribution in [0, 0.1) is 5.82 Å². The number of hydrogen-bond acceptors (Lipinski definition) is 1. The molecular weight excluding hydrogens is 281 g/mol. The maximum atomic E-state index is 13.1. The van der Waals surface area contributed by atoms with E-state index in [2.05, 4.69) is 20.8 Å². The standard InChI is InChI=1S/C14H19BrFN/c15-8-7-14-6-1-2-9-17(14)11-12-4-3-5-13(16)10-12/h3-5,10,14H,1-2,6-9,11H2. The largest absolute Gasteiger partial charge is 0.296 e. The third-order valence-electron chi connectivity index (χ3n) is 3.47. The van der Waals surface area contributed by atoms with E-state index >= 15 is 0 Å². The lowest BCUT2D eigenvalue weighted by Gasteiger charge is -2.35. The topological polar surface area (TPSA) is 3.24 Å². The molecule has 0 aliphatic carbocycles. The van der Waals surface area contributed by atoms with Crippen LogP contribution in [0.25, 0.3) is 0 Å². The molecular formula is C14H19BrFN. The highest BCUT2D eigenvalue weighted by molar-refractivity contribution is 9.09. The highest BCUT2D eigenvalue weighted by Gasteiger charge is 2.21. The maximum absolute atomic E-state index is 13.1. The van der Waals surface area contributed by atoms with Crippen LogP contribution in [0.2, 0.25) is 0 Å². The highest BCUT2D eigenvalue weighted by Crippen LogP contribution is 2.22. The van der Waals surface area contributed by atoms with E-state index in [1.807, 2.05) is 6.07 Å². The van der Waals surface area contributed by atoms with E-state index in [9.17, 15) is 4.39 Å². The zero-order valence-corrected chi connectivity index (χ0v) is 11.6. The van der Waals surface area contributed by atoms with Gasteiger partial charge in [-0.25, -0.2) is 4.39 Å². The molecule has 0 spiro atoms. The summed E-state index contributed by atoms with van der Waals surface area (Å²) in [5.41, 5.74) is 1.09. The first kappa shape index (κ1) is 13.0. The van der Waals surface area contributed by atoms with Crippen LogP contribution in [0.15, 0.2) is 24.3 Å². The number of halogens is 2. The predicted octanol–water partition coefficient (Wildman–Crippen LogP) is 3.97. The number of alkyl halides is 1. The second-order valence-electron chi connectivity index (χ2n) is 4.73. The van der Waals surface area contributed by atoms with Crippen molar-refractivity contribution < 1.29 is 4.39 Å². The Morgan fingerprint density at radius 1 is 1.35 bits per heavy atom. The molecule has 1 aliphatic heterocycles. The Morgan fingerprint density at radius 3 is 3.00 bits per heavy atom. The Bertz CT molecular complexity index is 354. The molecule has 1 nitrogen and oxygen atoms in total. The van der Waals surface area contributed by atoms with Crippen molar-refractivity contribution in [2.45, 2.75) is 38.3 Å². The van der Waals surface area contributed by atoms with Crippen molar-refractivity contribution in [1.82, 2.24) is 4.90 Å². The molecule has 0 N–H and O–H groups in total. The van der Waals surface area contributed by atoms with Gasteiger partial charge in [0.25, 0.3) is 0 Å². The molecule has 3 heteroatoms. The van der Waals surface area contributed by atoms with Gasteiger partial charge in [-0.3, -0.25) is 4.90 Å². The van der Waals surface area contributed by atoms with Crippen LogP contribution >= 0.6 is 15.9 Å². The van der Waals surface area contributed by atoms with Crippen LogP contribution in [0.4, 0.5) is 4.39 Å². The zero-order chi connectivity index (χ0) is 12.1. The average Bonchev–Trinajstić information content (AvgIpc) is 2.32. The molecule has 0 saturated carbocycles. The SMILES string of the molecule is Fc1cccc(CN2CCCCC2CCBr)c1. The maximum Gasteiger partial charge on any atom is 0.123 e. The summed E-state index contributed by atoms with van der Waals surface area (Å²) in [6.07, 6.45) is 5.07. The van der Waals surface area contributed by atoms with E-state index in [-0.39, 0.29) is 5.82 Å². The van der Waals surface area contributed by atoms with Crippen LogP contribution < -0.4 is 0 Å². The van der Waals surface area contributed by atoms with Crippen molar-refractivity contribution in [2.24, 2.45) is 0 Å². The Labute approximate surface area is 111 Å². The van der Waals surface area contributed by atoms with Crippen molar-refractivity contribution in [3.05, 3.63) is 35.6 Å². The van der Waals surface area contributed by atoms with E-state index in [0.717, 1.165) is 24.0 Å². The van der Waals surface area contributed by atoms with Gasteiger partial charge in [0.15, 0.2) is 0 Å². The van der Waals surface area contributed by atoms with E-state index in [1.165, 1.54) is 31.7 Å². The average molecular weight is 300 g/mol. The van der Waals surface area contributed by atoms with Crippen LogP contribution in [0.5, 0.6) is 0 Å². The lowest BCUT2D eigenvalue weighted by molar-refractivity contribution is 0.137. The molecule has 0 aromatic heterocycles. The summed E-state index contributed by atoms with van der Waals surface area (Å²) in [5, 5.41) is 1.05. The summed E-state index contributed by atoms with van der Waals surface area (Å²) < 4.78 is 13.1. The quantitative estimate of drug-likeness (QED) is 0.761. The summed E-state index contributed by atoms with van der Waals surface area (Å²) in [6.45, 7) is 2.03. The summed E-state index contributed by atoms with van der Waals surface area (Å²) in [5.74, 6) is -0.128. The van der Waals surface area contributed by atoms with Crippen molar-refractivity contribution in [3.8, 4) is 0 Å². The molecule has 1 saturated heterocycles. The monoisotopic (exact) mass is 299 g/mol. The van der Waals surface area contributed by atoms with Gasteiger partial charge in [0.2, 0.25) is 0 Å². The lowest BCUT2D eigenvalue weighted by atomic mass is 9.99. The molecule has 0 bridgehead atoms. The molecule has 94 valence electrons. The van der Waals surface area contributed by atoms with Crippen LogP contribution in [0.3, 0.4) is 0 Å². The van der Waals surface area contributed by atoms with Crippen molar-refractivity contribution in [2.75, 3.05) is 11.9 Å². The van der Waals surface area contributed by atoms with Gasteiger partial charge in [0.1, 0.15) is 5.82 Å². The minimum Gasteiger partial charge on any atom is -0.296 e. The second kappa shape index (κ2) is 6.50. The van der Waals surface area contributed by atoms with Crippen LogP contribution in [-0.2, 0) is 6.54 Å². The minimum absolute atomic E-state index is 0.128. The van der Waals surface area contributed by atoms with Gasteiger partial charge in [0.05, 0.1) is 0 Å². The van der Waals surface area contributed by atoms with E-state index in [1.54, 1.807) is 12.1 Å². The van der Waals surface area contributed by atoms with Crippen LogP contribution in [-0.4, -0.2) is 22.8 Å².